The minimum Gasteiger partial charge on any atom is -0.337 e. The van der Waals surface area contributed by atoms with E-state index in [1.807, 2.05) is 19.4 Å². The second kappa shape index (κ2) is 12.2. The Labute approximate surface area is 183 Å². The van der Waals surface area contributed by atoms with Crippen LogP contribution in [0.3, 0.4) is 0 Å². The van der Waals surface area contributed by atoms with Gasteiger partial charge in [0.2, 0.25) is 0 Å². The van der Waals surface area contributed by atoms with Crippen LogP contribution in [0.2, 0.25) is 0 Å². The van der Waals surface area contributed by atoms with Gasteiger partial charge < -0.3 is 14.8 Å². The number of aryl methyl sites for hydroxylation is 1. The van der Waals surface area contributed by atoms with Crippen molar-refractivity contribution >= 4 is 0 Å². The third-order valence-electron chi connectivity index (χ3n) is 6.17. The summed E-state index contributed by atoms with van der Waals surface area (Å²) < 4.78 is 2.07. The van der Waals surface area contributed by atoms with Gasteiger partial charge in [-0.2, -0.15) is 0 Å². The molecule has 2 aromatic rings. The van der Waals surface area contributed by atoms with E-state index in [-0.39, 0.29) is 0 Å². The van der Waals surface area contributed by atoms with Gasteiger partial charge in [-0.05, 0) is 75.0 Å². The third-order valence-corrected chi connectivity index (χ3v) is 6.17. The van der Waals surface area contributed by atoms with Gasteiger partial charge in [-0.1, -0.05) is 32.0 Å². The fourth-order valence-corrected chi connectivity index (χ4v) is 4.49. The highest BCUT2D eigenvalue weighted by Gasteiger charge is 2.16. The Morgan fingerprint density at radius 3 is 2.60 bits per heavy atom. The van der Waals surface area contributed by atoms with E-state index >= 15 is 0 Å². The molecule has 0 amide bonds. The highest BCUT2D eigenvalue weighted by molar-refractivity contribution is 5.33. The molecule has 1 aliphatic heterocycles. The zero-order valence-electron chi connectivity index (χ0n) is 19.4. The van der Waals surface area contributed by atoms with Gasteiger partial charge in [0, 0.05) is 39.1 Å². The third kappa shape index (κ3) is 6.93. The summed E-state index contributed by atoms with van der Waals surface area (Å²) in [5.41, 5.74) is 4.44. The summed E-state index contributed by atoms with van der Waals surface area (Å²) in [5.74, 6) is 1.08. The Balaban J connectivity index is 1.39. The first-order valence-corrected chi connectivity index (χ1v) is 11.9. The van der Waals surface area contributed by atoms with Crippen molar-refractivity contribution in [2.75, 3.05) is 32.7 Å². The maximum Gasteiger partial charge on any atom is 0.122 e. The van der Waals surface area contributed by atoms with Crippen LogP contribution in [-0.4, -0.2) is 52.1 Å². The van der Waals surface area contributed by atoms with Crippen LogP contribution in [-0.2, 0) is 33.1 Å². The average molecular weight is 412 g/mol. The molecule has 0 fully saturated rings. The topological polar surface area (TPSA) is 36.3 Å². The van der Waals surface area contributed by atoms with Crippen molar-refractivity contribution in [1.29, 1.82) is 0 Å². The molecule has 0 unspecified atom stereocenters. The summed E-state index contributed by atoms with van der Waals surface area (Å²) in [6.45, 7) is 13.6. The van der Waals surface area contributed by atoms with Crippen molar-refractivity contribution in [3.63, 3.8) is 0 Å². The predicted molar refractivity (Wildman–Crippen MR) is 125 cm³/mol. The largest absolute Gasteiger partial charge is 0.337 e. The van der Waals surface area contributed by atoms with Crippen LogP contribution in [0.4, 0.5) is 0 Å². The van der Waals surface area contributed by atoms with Crippen molar-refractivity contribution in [2.45, 2.75) is 65.6 Å². The number of rotatable bonds is 13. The summed E-state index contributed by atoms with van der Waals surface area (Å²) in [5, 5.41) is 3.52. The lowest BCUT2D eigenvalue weighted by molar-refractivity contribution is 0.230. The van der Waals surface area contributed by atoms with Crippen LogP contribution in [0, 0.1) is 0 Å². The van der Waals surface area contributed by atoms with Gasteiger partial charge >= 0.3 is 0 Å². The molecule has 0 radical (unpaired) electrons. The Morgan fingerprint density at radius 2 is 1.87 bits per heavy atom. The number of hydrogen-bond acceptors (Lipinski definition) is 4. The molecule has 3 rings (SSSR count). The Morgan fingerprint density at radius 1 is 1.03 bits per heavy atom. The van der Waals surface area contributed by atoms with Crippen molar-refractivity contribution in [3.05, 3.63) is 53.1 Å². The molecule has 0 bridgehead atoms. The van der Waals surface area contributed by atoms with Crippen molar-refractivity contribution in [1.82, 2.24) is 24.7 Å². The molecule has 0 aliphatic carbocycles. The van der Waals surface area contributed by atoms with Gasteiger partial charge in [0.15, 0.2) is 0 Å². The molecule has 0 saturated heterocycles. The zero-order chi connectivity index (χ0) is 21.2. The molecule has 5 nitrogen and oxygen atoms in total. The van der Waals surface area contributed by atoms with E-state index in [0.29, 0.717) is 0 Å². The maximum absolute atomic E-state index is 4.38. The molecule has 30 heavy (non-hydrogen) atoms. The van der Waals surface area contributed by atoms with Gasteiger partial charge in [-0.15, -0.1) is 0 Å². The summed E-state index contributed by atoms with van der Waals surface area (Å²) in [7, 11) is 2.04. The summed E-state index contributed by atoms with van der Waals surface area (Å²) in [6.07, 6.45) is 10.2. The second-order valence-electron chi connectivity index (χ2n) is 8.74. The van der Waals surface area contributed by atoms with Gasteiger partial charge in [0.25, 0.3) is 0 Å². The van der Waals surface area contributed by atoms with Gasteiger partial charge in [0.1, 0.15) is 5.82 Å². The number of aromatic nitrogens is 2. The first-order chi connectivity index (χ1) is 14.7. The number of unbranched alkanes of at least 4 members (excludes halogenated alkanes) is 1. The Kier molecular flexibility index (Phi) is 9.37. The molecule has 0 atom stereocenters. The molecule has 166 valence electrons. The van der Waals surface area contributed by atoms with E-state index in [9.17, 15) is 0 Å². The molecule has 0 spiro atoms. The standard InChI is InChI=1S/C25H41N5/c1-4-12-29(13-5-2)14-6-7-15-30-16-10-23-18-22(8-9-24(23)21-30)19-26-20-25-27-11-17-28(25)3/h8-9,11,17-18,26H,4-7,10,12-16,19-21H2,1-3H3. The molecule has 1 aliphatic rings. The Hall–Kier alpha value is -1.69. The molecular weight excluding hydrogens is 370 g/mol. The molecule has 0 saturated carbocycles. The van der Waals surface area contributed by atoms with E-state index in [1.54, 1.807) is 5.56 Å². The van der Waals surface area contributed by atoms with Gasteiger partial charge in [-0.3, -0.25) is 4.90 Å². The lowest BCUT2D eigenvalue weighted by atomic mass is 9.97. The van der Waals surface area contributed by atoms with E-state index in [2.05, 4.69) is 56.7 Å². The fourth-order valence-electron chi connectivity index (χ4n) is 4.49. The second-order valence-corrected chi connectivity index (χ2v) is 8.74. The molecular formula is C25H41N5. The van der Waals surface area contributed by atoms with E-state index in [0.717, 1.165) is 25.5 Å². The van der Waals surface area contributed by atoms with E-state index < -0.39 is 0 Å². The number of fused-ring (bicyclic) bond motifs is 1. The van der Waals surface area contributed by atoms with Crippen LogP contribution < -0.4 is 5.32 Å². The quantitative estimate of drug-likeness (QED) is 0.506. The van der Waals surface area contributed by atoms with Crippen LogP contribution in [0.5, 0.6) is 0 Å². The van der Waals surface area contributed by atoms with Gasteiger partial charge in [-0.25, -0.2) is 4.98 Å². The van der Waals surface area contributed by atoms with Crippen LogP contribution in [0.15, 0.2) is 30.6 Å². The summed E-state index contributed by atoms with van der Waals surface area (Å²) >= 11 is 0. The molecule has 5 heteroatoms. The van der Waals surface area contributed by atoms with Crippen molar-refractivity contribution in [3.8, 4) is 0 Å². The normalized spacial score (nSPS) is 14.4. The van der Waals surface area contributed by atoms with Crippen LogP contribution in [0.1, 0.15) is 62.0 Å². The first-order valence-electron chi connectivity index (χ1n) is 11.9. The Bertz CT molecular complexity index is 748. The van der Waals surface area contributed by atoms with Crippen molar-refractivity contribution < 1.29 is 0 Å². The summed E-state index contributed by atoms with van der Waals surface area (Å²) in [6, 6.07) is 7.05. The predicted octanol–water partition coefficient (Wildman–Crippen LogP) is 3.97. The minimum atomic E-state index is 0.808. The number of nitrogens with one attached hydrogen (secondary N) is 1. The lowest BCUT2D eigenvalue weighted by Gasteiger charge is -2.29. The number of imidazole rings is 1. The number of hydrogen-bond donors (Lipinski definition) is 1. The molecule has 1 N–H and O–H groups in total. The van der Waals surface area contributed by atoms with Gasteiger partial charge in [0.05, 0.1) is 6.54 Å². The number of benzene rings is 1. The molecule has 1 aromatic heterocycles. The lowest BCUT2D eigenvalue weighted by Crippen LogP contribution is -2.32. The van der Waals surface area contributed by atoms with E-state index in [4.69, 9.17) is 0 Å². The zero-order valence-corrected chi connectivity index (χ0v) is 19.4. The monoisotopic (exact) mass is 411 g/mol. The first kappa shape index (κ1) is 23.0. The minimum absolute atomic E-state index is 0.808. The number of nitrogens with zero attached hydrogens (tertiary/aromatic N) is 4. The highest BCUT2D eigenvalue weighted by atomic mass is 15.1. The molecule has 1 aromatic carbocycles. The fraction of sp³-hybridized carbons (Fsp3) is 0.640. The highest BCUT2D eigenvalue weighted by Crippen LogP contribution is 2.21. The SMILES string of the molecule is CCCN(CCC)CCCCN1CCc2cc(CNCc3nccn3C)ccc2C1. The summed E-state index contributed by atoms with van der Waals surface area (Å²) in [4.78, 5) is 9.65. The average Bonchev–Trinajstić information content (AvgIpc) is 3.16. The van der Waals surface area contributed by atoms with Crippen molar-refractivity contribution in [2.24, 2.45) is 7.05 Å². The van der Waals surface area contributed by atoms with Crippen LogP contribution >= 0.6 is 0 Å². The molecule has 2 heterocycles. The smallest absolute Gasteiger partial charge is 0.122 e. The van der Waals surface area contributed by atoms with Crippen LogP contribution in [0.25, 0.3) is 0 Å². The maximum atomic E-state index is 4.38. The van der Waals surface area contributed by atoms with E-state index in [1.165, 1.54) is 76.0 Å².